The van der Waals surface area contributed by atoms with Gasteiger partial charge in [0.05, 0.1) is 11.7 Å². The van der Waals surface area contributed by atoms with E-state index in [4.69, 9.17) is 17.2 Å². The number of aromatic nitrogens is 2. The molecule has 1 aliphatic heterocycles. The maximum Gasteiger partial charge on any atom is 0.354 e. The average Bonchev–Trinajstić information content (AvgIpc) is 3.04. The summed E-state index contributed by atoms with van der Waals surface area (Å²) in [5.74, 6) is 1.08. The Bertz CT molecular complexity index is 881. The van der Waals surface area contributed by atoms with Crippen LogP contribution in [0, 0.1) is 11.8 Å². The minimum Gasteiger partial charge on any atom is -0.383 e. The summed E-state index contributed by atoms with van der Waals surface area (Å²) in [6.45, 7) is 1.45. The zero-order chi connectivity index (χ0) is 18.4. The molecule has 2 aromatic rings. The van der Waals surface area contributed by atoms with E-state index in [1.807, 2.05) is 17.0 Å². The Balaban J connectivity index is 1.41. The zero-order valence-corrected chi connectivity index (χ0v) is 14.3. The van der Waals surface area contributed by atoms with Crippen molar-refractivity contribution in [1.82, 2.24) is 14.5 Å². The lowest BCUT2D eigenvalue weighted by atomic mass is 10.0. The number of hydrogen-bond donors (Lipinski definition) is 3. The lowest BCUT2D eigenvalue weighted by Gasteiger charge is -2.23. The minimum absolute atomic E-state index is 0.0209. The van der Waals surface area contributed by atoms with Crippen LogP contribution in [-0.2, 0) is 11.2 Å². The van der Waals surface area contributed by atoms with Gasteiger partial charge in [-0.1, -0.05) is 12.1 Å². The number of nitrogen functional groups attached to an aromatic ring is 1. The van der Waals surface area contributed by atoms with E-state index in [1.54, 1.807) is 24.4 Å². The molecule has 1 saturated heterocycles. The van der Waals surface area contributed by atoms with Crippen LogP contribution >= 0.6 is 0 Å². The number of amides is 1. The van der Waals surface area contributed by atoms with Crippen LogP contribution in [0.15, 0.2) is 41.3 Å². The molecule has 1 unspecified atom stereocenters. The van der Waals surface area contributed by atoms with Gasteiger partial charge in [0.15, 0.2) is 0 Å². The van der Waals surface area contributed by atoms with Crippen molar-refractivity contribution >= 4 is 11.7 Å². The lowest BCUT2D eigenvalue weighted by Crippen LogP contribution is -2.45. The Morgan fingerprint density at radius 3 is 2.46 bits per heavy atom. The molecule has 6 N–H and O–H groups in total. The molecule has 1 aromatic carbocycles. The second kappa shape index (κ2) is 6.22. The average molecular weight is 354 g/mol. The van der Waals surface area contributed by atoms with Gasteiger partial charge in [0, 0.05) is 25.3 Å². The topological polar surface area (TPSA) is 133 Å². The van der Waals surface area contributed by atoms with Gasteiger partial charge in [0.1, 0.15) is 5.82 Å². The predicted molar refractivity (Wildman–Crippen MR) is 97.5 cm³/mol. The van der Waals surface area contributed by atoms with Crippen molar-refractivity contribution in [2.45, 2.75) is 18.5 Å². The van der Waals surface area contributed by atoms with Crippen LogP contribution in [-0.4, -0.2) is 45.5 Å². The second-order valence-corrected chi connectivity index (χ2v) is 7.13. The van der Waals surface area contributed by atoms with Gasteiger partial charge < -0.3 is 22.1 Å². The van der Waals surface area contributed by atoms with Gasteiger partial charge >= 0.3 is 5.69 Å². The Labute approximate surface area is 150 Å². The van der Waals surface area contributed by atoms with Gasteiger partial charge in [-0.15, -0.1) is 0 Å². The summed E-state index contributed by atoms with van der Waals surface area (Å²) in [6, 6.07) is 8.58. The third-order valence-electron chi connectivity index (χ3n) is 5.38. The van der Waals surface area contributed by atoms with Gasteiger partial charge in [0.2, 0.25) is 5.91 Å². The molecule has 26 heavy (non-hydrogen) atoms. The standard InChI is InChI=1S/C18H22N6O2/c19-14(17(25)23-8-12-13(9-23)16(12)21)7-10-1-3-11(4-2-10)24-6-5-15(20)22-18(24)26/h1-6,12-14,16H,7-9,19,21H2,(H2,20,22,26)/t12-,13+,14-,16?/m0/s1. The van der Waals surface area contributed by atoms with Crippen molar-refractivity contribution in [3.63, 3.8) is 0 Å². The van der Waals surface area contributed by atoms with Crippen molar-refractivity contribution in [3.05, 3.63) is 52.6 Å². The number of benzene rings is 1. The largest absolute Gasteiger partial charge is 0.383 e. The van der Waals surface area contributed by atoms with Crippen LogP contribution in [0.2, 0.25) is 0 Å². The number of hydrogen-bond acceptors (Lipinski definition) is 6. The first-order valence-corrected chi connectivity index (χ1v) is 8.68. The highest BCUT2D eigenvalue weighted by Crippen LogP contribution is 2.43. The summed E-state index contributed by atoms with van der Waals surface area (Å²) < 4.78 is 1.41. The number of fused-ring (bicyclic) bond motifs is 1. The number of likely N-dealkylation sites (tertiary alicyclic amines) is 1. The molecule has 2 aliphatic rings. The molecular weight excluding hydrogens is 332 g/mol. The first-order valence-electron chi connectivity index (χ1n) is 8.68. The molecule has 2 fully saturated rings. The lowest BCUT2D eigenvalue weighted by molar-refractivity contribution is -0.132. The molecule has 1 aliphatic carbocycles. The fraction of sp³-hybridized carbons (Fsp3) is 0.389. The monoisotopic (exact) mass is 354 g/mol. The molecule has 0 radical (unpaired) electrons. The van der Waals surface area contributed by atoms with E-state index < -0.39 is 11.7 Å². The van der Waals surface area contributed by atoms with Gasteiger partial charge in [-0.2, -0.15) is 4.98 Å². The first kappa shape index (κ1) is 16.7. The zero-order valence-electron chi connectivity index (χ0n) is 14.3. The maximum atomic E-state index is 12.5. The highest BCUT2D eigenvalue weighted by molar-refractivity contribution is 5.82. The van der Waals surface area contributed by atoms with E-state index in [0.29, 0.717) is 23.9 Å². The molecule has 4 rings (SSSR count). The Morgan fingerprint density at radius 2 is 1.85 bits per heavy atom. The van der Waals surface area contributed by atoms with Crippen LogP contribution in [0.25, 0.3) is 5.69 Å². The van der Waals surface area contributed by atoms with E-state index in [2.05, 4.69) is 4.98 Å². The molecule has 136 valence electrons. The maximum absolute atomic E-state index is 12.5. The number of piperidine rings is 1. The molecule has 0 bridgehead atoms. The van der Waals surface area contributed by atoms with E-state index in [0.717, 1.165) is 18.7 Å². The Kier molecular flexibility index (Phi) is 4.01. The van der Waals surface area contributed by atoms with Gasteiger partial charge in [-0.25, -0.2) is 4.79 Å². The van der Waals surface area contributed by atoms with Crippen molar-refractivity contribution in [2.75, 3.05) is 18.8 Å². The highest BCUT2D eigenvalue weighted by atomic mass is 16.2. The predicted octanol–water partition coefficient (Wildman–Crippen LogP) is -0.900. The smallest absolute Gasteiger partial charge is 0.354 e. The van der Waals surface area contributed by atoms with Crippen LogP contribution in [0.4, 0.5) is 5.82 Å². The van der Waals surface area contributed by atoms with Crippen molar-refractivity contribution in [2.24, 2.45) is 23.3 Å². The van der Waals surface area contributed by atoms with E-state index in [-0.39, 0.29) is 17.8 Å². The van der Waals surface area contributed by atoms with Crippen molar-refractivity contribution < 1.29 is 4.79 Å². The molecule has 2 heterocycles. The number of nitrogens with zero attached hydrogens (tertiary/aromatic N) is 3. The summed E-state index contributed by atoms with van der Waals surface area (Å²) in [4.78, 5) is 29.9. The van der Waals surface area contributed by atoms with Crippen LogP contribution in [0.3, 0.4) is 0 Å². The van der Waals surface area contributed by atoms with Crippen molar-refractivity contribution in [1.29, 1.82) is 0 Å². The Morgan fingerprint density at radius 1 is 1.19 bits per heavy atom. The molecular formula is C18H22N6O2. The van der Waals surface area contributed by atoms with Crippen LogP contribution in [0.5, 0.6) is 0 Å². The summed E-state index contributed by atoms with van der Waals surface area (Å²) in [5, 5.41) is 0. The summed E-state index contributed by atoms with van der Waals surface area (Å²) in [5.41, 5.74) is 18.7. The third kappa shape index (κ3) is 2.97. The van der Waals surface area contributed by atoms with Gasteiger partial charge in [0.25, 0.3) is 0 Å². The van der Waals surface area contributed by atoms with E-state index in [1.165, 1.54) is 4.57 Å². The normalized spacial score (nSPS) is 25.0. The second-order valence-electron chi connectivity index (χ2n) is 7.13. The third-order valence-corrected chi connectivity index (χ3v) is 5.38. The van der Waals surface area contributed by atoms with Gasteiger partial charge in [-0.05, 0) is 42.0 Å². The number of anilines is 1. The van der Waals surface area contributed by atoms with E-state index >= 15 is 0 Å². The summed E-state index contributed by atoms with van der Waals surface area (Å²) in [6.07, 6.45) is 2.03. The SMILES string of the molecule is Nc1ccn(-c2ccc(C[C@H](N)C(=O)N3C[C@@H]4C(N)[C@@H]4C3)cc2)c(=O)n1. The molecule has 1 aromatic heterocycles. The molecule has 8 heteroatoms. The first-order chi connectivity index (χ1) is 12.4. The quantitative estimate of drug-likeness (QED) is 0.652. The van der Waals surface area contributed by atoms with Crippen LogP contribution < -0.4 is 22.9 Å². The molecule has 1 saturated carbocycles. The molecule has 1 amide bonds. The molecule has 4 atom stereocenters. The molecule has 8 nitrogen and oxygen atoms in total. The number of carbonyl (C=O) groups excluding carboxylic acids is 1. The molecule has 0 spiro atoms. The fourth-order valence-corrected chi connectivity index (χ4v) is 3.73. The minimum atomic E-state index is -0.574. The summed E-state index contributed by atoms with van der Waals surface area (Å²) >= 11 is 0. The summed E-state index contributed by atoms with van der Waals surface area (Å²) in [7, 11) is 0. The van der Waals surface area contributed by atoms with Gasteiger partial charge in [-0.3, -0.25) is 9.36 Å². The van der Waals surface area contributed by atoms with Crippen LogP contribution in [0.1, 0.15) is 5.56 Å². The Hall–Kier alpha value is -2.71. The number of rotatable bonds is 4. The fourth-order valence-electron chi connectivity index (χ4n) is 3.73. The highest BCUT2D eigenvalue weighted by Gasteiger charge is 2.54. The van der Waals surface area contributed by atoms with E-state index in [9.17, 15) is 9.59 Å². The number of nitrogens with two attached hydrogens (primary N) is 3. The van der Waals surface area contributed by atoms with Crippen molar-refractivity contribution in [3.8, 4) is 5.69 Å². The number of carbonyl (C=O) groups is 1.